The second-order valence-electron chi connectivity index (χ2n) is 8.57. The highest BCUT2D eigenvalue weighted by Crippen LogP contribution is 2.33. The number of urea groups is 1. The number of likely N-dealkylation sites (tertiary alicyclic amines) is 1. The van der Waals surface area contributed by atoms with E-state index in [9.17, 15) is 9.59 Å². The van der Waals surface area contributed by atoms with E-state index in [1.54, 1.807) is 11.0 Å². The number of carbonyl (C=O) groups excluding carboxylic acids is 2. The van der Waals surface area contributed by atoms with Crippen LogP contribution in [-0.4, -0.2) is 46.9 Å². The summed E-state index contributed by atoms with van der Waals surface area (Å²) < 4.78 is 0. The predicted molar refractivity (Wildman–Crippen MR) is 131 cm³/mol. The lowest BCUT2D eigenvalue weighted by molar-refractivity contribution is -0.130. The Hall–Kier alpha value is -3.86. The van der Waals surface area contributed by atoms with Gasteiger partial charge in [0.2, 0.25) is 5.91 Å². The van der Waals surface area contributed by atoms with E-state index >= 15 is 0 Å². The molecule has 2 heterocycles. The third-order valence-corrected chi connectivity index (χ3v) is 6.45. The zero-order chi connectivity index (χ0) is 22.6. The molecule has 0 aromatic heterocycles. The second-order valence-corrected chi connectivity index (χ2v) is 8.57. The first-order valence-corrected chi connectivity index (χ1v) is 11.5. The fourth-order valence-corrected chi connectivity index (χ4v) is 4.90. The van der Waals surface area contributed by atoms with Crippen LogP contribution in [0.5, 0.6) is 0 Å². The van der Waals surface area contributed by atoms with E-state index in [1.807, 2.05) is 107 Å². The molecule has 5 rings (SSSR count). The summed E-state index contributed by atoms with van der Waals surface area (Å²) in [7, 11) is 0. The Balaban J connectivity index is 1.34. The topological polar surface area (TPSA) is 43.9 Å². The maximum Gasteiger partial charge on any atom is 0.329 e. The maximum atomic E-state index is 13.7. The Kier molecular flexibility index (Phi) is 5.94. The first-order valence-electron chi connectivity index (χ1n) is 11.5. The molecule has 2 saturated heterocycles. The minimum absolute atomic E-state index is 0.0291. The molecule has 2 aliphatic heterocycles. The normalized spacial score (nSPS) is 19.6. The van der Waals surface area contributed by atoms with E-state index in [-0.39, 0.29) is 24.0 Å². The average Bonchev–Trinajstić information content (AvgIpc) is 3.14. The number of amides is 3. The summed E-state index contributed by atoms with van der Waals surface area (Å²) in [6, 6.07) is 29.4. The summed E-state index contributed by atoms with van der Waals surface area (Å²) in [5, 5.41) is 0. The Morgan fingerprint density at radius 2 is 1.21 bits per heavy atom. The molecule has 166 valence electrons. The number of anilines is 2. The first kappa shape index (κ1) is 21.0. The van der Waals surface area contributed by atoms with Gasteiger partial charge in [0.15, 0.2) is 0 Å². The number of hydrogen-bond donors (Lipinski definition) is 0. The number of para-hydroxylation sites is 2. The molecule has 0 radical (unpaired) electrons. The molecule has 2 bridgehead atoms. The molecule has 2 aliphatic rings. The smallest absolute Gasteiger partial charge is 0.329 e. The largest absolute Gasteiger partial charge is 0.330 e. The van der Waals surface area contributed by atoms with Gasteiger partial charge in [-0.3, -0.25) is 9.69 Å². The molecule has 0 spiro atoms. The molecule has 0 N–H and O–H groups in total. The number of piperazine rings is 1. The highest BCUT2D eigenvalue weighted by Gasteiger charge is 2.44. The van der Waals surface area contributed by atoms with Gasteiger partial charge in [0, 0.05) is 19.2 Å². The van der Waals surface area contributed by atoms with Gasteiger partial charge in [-0.1, -0.05) is 66.7 Å². The van der Waals surface area contributed by atoms with Gasteiger partial charge < -0.3 is 9.80 Å². The number of hydrogen-bond acceptors (Lipinski definition) is 2. The minimum atomic E-state index is -0.0452. The summed E-state index contributed by atoms with van der Waals surface area (Å²) in [6.45, 7) is 1.10. The molecule has 2 atom stereocenters. The Labute approximate surface area is 194 Å². The third-order valence-electron chi connectivity index (χ3n) is 6.45. The lowest BCUT2D eigenvalue weighted by Crippen LogP contribution is -2.58. The van der Waals surface area contributed by atoms with Crippen molar-refractivity contribution < 1.29 is 9.59 Å². The third kappa shape index (κ3) is 4.40. The van der Waals surface area contributed by atoms with Crippen molar-refractivity contribution in [1.82, 2.24) is 9.80 Å². The van der Waals surface area contributed by atoms with Gasteiger partial charge in [-0.05, 0) is 48.7 Å². The molecular formula is C28H27N3O2. The maximum absolute atomic E-state index is 13.7. The zero-order valence-corrected chi connectivity index (χ0v) is 18.5. The fourth-order valence-electron chi connectivity index (χ4n) is 4.90. The van der Waals surface area contributed by atoms with Gasteiger partial charge >= 0.3 is 6.03 Å². The van der Waals surface area contributed by atoms with E-state index in [4.69, 9.17) is 0 Å². The van der Waals surface area contributed by atoms with Crippen molar-refractivity contribution in [3.05, 3.63) is 103 Å². The van der Waals surface area contributed by atoms with Crippen LogP contribution in [0.25, 0.3) is 6.08 Å². The monoisotopic (exact) mass is 437 g/mol. The van der Waals surface area contributed by atoms with E-state index in [0.717, 1.165) is 29.8 Å². The van der Waals surface area contributed by atoms with E-state index in [1.165, 1.54) is 0 Å². The van der Waals surface area contributed by atoms with Crippen LogP contribution in [0, 0.1) is 0 Å². The summed E-state index contributed by atoms with van der Waals surface area (Å²) in [6.07, 6.45) is 5.39. The molecular weight excluding hydrogens is 410 g/mol. The SMILES string of the molecule is O=C(N1C[C@H]2CC[C@@H](C1)N2C(=O)/C=C/c1ccccc1)N(c1ccccc1)c1ccccc1. The molecule has 0 saturated carbocycles. The molecule has 0 aliphatic carbocycles. The van der Waals surface area contributed by atoms with Gasteiger partial charge in [0.25, 0.3) is 0 Å². The first-order chi connectivity index (χ1) is 16.2. The molecule has 0 unspecified atom stereocenters. The standard InChI is InChI=1S/C28H27N3O2/c32-27(19-16-22-10-4-1-5-11-22)30-25-17-18-26(30)21-29(20-25)28(33)31(23-12-6-2-7-13-23)24-14-8-3-9-15-24/h1-16,19,25-26H,17-18,20-21H2/b19-16+/t25-,26+. The molecule has 3 amide bonds. The molecule has 33 heavy (non-hydrogen) atoms. The Bertz CT molecular complexity index is 1080. The van der Waals surface area contributed by atoms with Crippen molar-refractivity contribution >= 4 is 29.4 Å². The van der Waals surface area contributed by atoms with Crippen LogP contribution in [-0.2, 0) is 4.79 Å². The predicted octanol–water partition coefficient (Wildman–Crippen LogP) is 5.33. The fraction of sp³-hybridized carbons (Fsp3) is 0.214. The molecule has 2 fully saturated rings. The van der Waals surface area contributed by atoms with Gasteiger partial charge in [-0.25, -0.2) is 4.79 Å². The highest BCUT2D eigenvalue weighted by molar-refractivity contribution is 6.00. The summed E-state index contributed by atoms with van der Waals surface area (Å²) in [4.78, 5) is 32.4. The molecule has 3 aromatic carbocycles. The van der Waals surface area contributed by atoms with Crippen molar-refractivity contribution in [1.29, 1.82) is 0 Å². The van der Waals surface area contributed by atoms with Crippen LogP contribution in [0.1, 0.15) is 18.4 Å². The van der Waals surface area contributed by atoms with E-state index in [2.05, 4.69) is 0 Å². The van der Waals surface area contributed by atoms with Crippen molar-refractivity contribution in [2.24, 2.45) is 0 Å². The van der Waals surface area contributed by atoms with Crippen LogP contribution in [0.3, 0.4) is 0 Å². The van der Waals surface area contributed by atoms with Crippen molar-refractivity contribution in [3.63, 3.8) is 0 Å². The number of nitrogens with zero attached hydrogens (tertiary/aromatic N) is 3. The second kappa shape index (κ2) is 9.33. The van der Waals surface area contributed by atoms with Crippen molar-refractivity contribution in [2.75, 3.05) is 18.0 Å². The van der Waals surface area contributed by atoms with Crippen molar-refractivity contribution in [3.8, 4) is 0 Å². The van der Waals surface area contributed by atoms with Crippen LogP contribution in [0.2, 0.25) is 0 Å². The number of carbonyl (C=O) groups is 2. The number of fused-ring (bicyclic) bond motifs is 2. The minimum Gasteiger partial charge on any atom is -0.330 e. The number of rotatable bonds is 4. The van der Waals surface area contributed by atoms with Gasteiger partial charge in [0.05, 0.1) is 23.5 Å². The molecule has 5 nitrogen and oxygen atoms in total. The van der Waals surface area contributed by atoms with Crippen LogP contribution >= 0.6 is 0 Å². The van der Waals surface area contributed by atoms with Gasteiger partial charge in [-0.15, -0.1) is 0 Å². The van der Waals surface area contributed by atoms with Crippen LogP contribution in [0.15, 0.2) is 97.1 Å². The molecule has 3 aromatic rings. The zero-order valence-electron chi connectivity index (χ0n) is 18.5. The van der Waals surface area contributed by atoms with Crippen molar-refractivity contribution in [2.45, 2.75) is 24.9 Å². The quantitative estimate of drug-likeness (QED) is 0.518. The van der Waals surface area contributed by atoms with E-state index < -0.39 is 0 Å². The average molecular weight is 438 g/mol. The highest BCUT2D eigenvalue weighted by atomic mass is 16.2. The van der Waals surface area contributed by atoms with E-state index in [0.29, 0.717) is 13.1 Å². The van der Waals surface area contributed by atoms with Gasteiger partial charge in [0.1, 0.15) is 0 Å². The summed E-state index contributed by atoms with van der Waals surface area (Å²) >= 11 is 0. The summed E-state index contributed by atoms with van der Waals surface area (Å²) in [5.41, 5.74) is 2.68. The number of benzene rings is 3. The Morgan fingerprint density at radius 1 is 0.727 bits per heavy atom. The lowest BCUT2D eigenvalue weighted by atomic mass is 10.1. The molecule has 5 heteroatoms. The Morgan fingerprint density at radius 3 is 1.73 bits per heavy atom. The summed E-state index contributed by atoms with van der Waals surface area (Å²) in [5.74, 6) is 0.0291. The lowest BCUT2D eigenvalue weighted by Gasteiger charge is -2.42. The van der Waals surface area contributed by atoms with Crippen LogP contribution < -0.4 is 4.90 Å². The van der Waals surface area contributed by atoms with Crippen LogP contribution in [0.4, 0.5) is 16.2 Å². The van der Waals surface area contributed by atoms with Gasteiger partial charge in [-0.2, -0.15) is 0 Å².